The van der Waals surface area contributed by atoms with Gasteiger partial charge in [0.1, 0.15) is 0 Å². The van der Waals surface area contributed by atoms with E-state index in [1.807, 2.05) is 48.5 Å². The van der Waals surface area contributed by atoms with Crippen molar-refractivity contribution in [1.29, 1.82) is 0 Å². The van der Waals surface area contributed by atoms with Gasteiger partial charge in [-0.25, -0.2) is 0 Å². The van der Waals surface area contributed by atoms with E-state index in [0.29, 0.717) is 31.1 Å². The van der Waals surface area contributed by atoms with Crippen molar-refractivity contribution in [3.8, 4) is 11.4 Å². The Labute approximate surface area is 153 Å². The highest BCUT2D eigenvalue weighted by molar-refractivity contribution is 5.76. The third-order valence-electron chi connectivity index (χ3n) is 4.25. The first kappa shape index (κ1) is 17.9. The Bertz CT molecular complexity index is 816. The number of amides is 1. The minimum Gasteiger partial charge on any atom is -0.356 e. The number of nitrogens with one attached hydrogen (secondary N) is 1. The van der Waals surface area contributed by atoms with Crippen molar-refractivity contribution in [1.82, 2.24) is 15.5 Å². The molecule has 1 N–H and O–H groups in total. The highest BCUT2D eigenvalue weighted by Crippen LogP contribution is 2.18. The summed E-state index contributed by atoms with van der Waals surface area (Å²) in [6.45, 7) is 2.67. The van der Waals surface area contributed by atoms with E-state index in [-0.39, 0.29) is 11.8 Å². The zero-order chi connectivity index (χ0) is 18.2. The molecule has 134 valence electrons. The molecule has 0 fully saturated rings. The fourth-order valence-electron chi connectivity index (χ4n) is 2.78. The van der Waals surface area contributed by atoms with E-state index in [1.165, 1.54) is 5.56 Å². The zero-order valence-electron chi connectivity index (χ0n) is 14.9. The van der Waals surface area contributed by atoms with Gasteiger partial charge in [-0.3, -0.25) is 4.79 Å². The molecular weight excluding hydrogens is 326 g/mol. The van der Waals surface area contributed by atoms with E-state index in [4.69, 9.17) is 4.52 Å². The second kappa shape index (κ2) is 8.94. The highest BCUT2D eigenvalue weighted by atomic mass is 16.5. The largest absolute Gasteiger partial charge is 0.356 e. The van der Waals surface area contributed by atoms with Crippen LogP contribution in [-0.4, -0.2) is 22.6 Å². The van der Waals surface area contributed by atoms with Gasteiger partial charge in [-0.15, -0.1) is 0 Å². The molecule has 0 aliphatic carbocycles. The number of hydrogen-bond acceptors (Lipinski definition) is 4. The molecule has 5 heteroatoms. The number of carbonyl (C=O) groups excluding carboxylic acids is 1. The maximum Gasteiger partial charge on any atom is 0.227 e. The molecule has 1 atom stereocenters. The quantitative estimate of drug-likeness (QED) is 0.625. The van der Waals surface area contributed by atoms with Crippen molar-refractivity contribution in [2.24, 2.45) is 0 Å². The molecule has 1 amide bonds. The molecule has 0 radical (unpaired) electrons. The topological polar surface area (TPSA) is 68.0 Å². The Morgan fingerprint density at radius 1 is 1.08 bits per heavy atom. The molecule has 1 heterocycles. The Balaban J connectivity index is 1.39. The van der Waals surface area contributed by atoms with Crippen molar-refractivity contribution in [2.45, 2.75) is 32.1 Å². The standard InChI is InChI=1S/C21H23N3O2/c1-16(17-9-4-2-5-10-17)15-19(25)22-14-8-13-20-23-21(24-26-20)18-11-6-3-7-12-18/h2-7,9-12,16H,8,13-15H2,1H3,(H,22,25). The van der Waals surface area contributed by atoms with Crippen LogP contribution in [0.1, 0.15) is 37.1 Å². The molecule has 0 spiro atoms. The van der Waals surface area contributed by atoms with E-state index in [9.17, 15) is 4.79 Å². The molecule has 26 heavy (non-hydrogen) atoms. The Hall–Kier alpha value is -2.95. The van der Waals surface area contributed by atoms with E-state index in [1.54, 1.807) is 0 Å². The molecule has 0 aliphatic heterocycles. The van der Waals surface area contributed by atoms with Crippen molar-refractivity contribution < 1.29 is 9.32 Å². The summed E-state index contributed by atoms with van der Waals surface area (Å²) in [7, 11) is 0. The van der Waals surface area contributed by atoms with Crippen LogP contribution in [0.3, 0.4) is 0 Å². The van der Waals surface area contributed by atoms with Crippen molar-refractivity contribution in [3.05, 3.63) is 72.1 Å². The summed E-state index contributed by atoms with van der Waals surface area (Å²) in [4.78, 5) is 16.5. The lowest BCUT2D eigenvalue weighted by molar-refractivity contribution is -0.121. The number of benzene rings is 2. The van der Waals surface area contributed by atoms with E-state index in [2.05, 4.69) is 34.5 Å². The third kappa shape index (κ3) is 5.02. The van der Waals surface area contributed by atoms with Gasteiger partial charge < -0.3 is 9.84 Å². The Kier molecular flexibility index (Phi) is 6.14. The summed E-state index contributed by atoms with van der Waals surface area (Å²) in [5.74, 6) is 1.47. The summed E-state index contributed by atoms with van der Waals surface area (Å²) < 4.78 is 5.27. The van der Waals surface area contributed by atoms with Crippen LogP contribution in [0.25, 0.3) is 11.4 Å². The maximum atomic E-state index is 12.1. The SMILES string of the molecule is CC(CC(=O)NCCCc1nc(-c2ccccc2)no1)c1ccccc1. The summed E-state index contributed by atoms with van der Waals surface area (Å²) in [6, 6.07) is 19.8. The van der Waals surface area contributed by atoms with Crippen molar-refractivity contribution in [3.63, 3.8) is 0 Å². The molecule has 3 aromatic rings. The van der Waals surface area contributed by atoms with Gasteiger partial charge in [-0.05, 0) is 17.9 Å². The van der Waals surface area contributed by atoms with Gasteiger partial charge >= 0.3 is 0 Å². The number of aryl methyl sites for hydroxylation is 1. The van der Waals surface area contributed by atoms with Gasteiger partial charge in [0, 0.05) is 24.9 Å². The van der Waals surface area contributed by atoms with Gasteiger partial charge in [0.05, 0.1) is 0 Å². The molecule has 1 unspecified atom stereocenters. The lowest BCUT2D eigenvalue weighted by Crippen LogP contribution is -2.25. The average Bonchev–Trinajstić information content (AvgIpc) is 3.15. The van der Waals surface area contributed by atoms with Crippen molar-refractivity contribution in [2.75, 3.05) is 6.54 Å². The number of aromatic nitrogens is 2. The van der Waals surface area contributed by atoms with E-state index < -0.39 is 0 Å². The number of rotatable bonds is 8. The number of hydrogen-bond donors (Lipinski definition) is 1. The summed E-state index contributed by atoms with van der Waals surface area (Å²) in [5, 5.41) is 6.96. The van der Waals surface area contributed by atoms with Crippen LogP contribution in [0.15, 0.2) is 65.2 Å². The predicted octanol–water partition coefficient (Wildman–Crippen LogP) is 3.98. The second-order valence-corrected chi connectivity index (χ2v) is 6.35. The van der Waals surface area contributed by atoms with Crippen LogP contribution < -0.4 is 5.32 Å². The minimum absolute atomic E-state index is 0.0665. The Morgan fingerprint density at radius 3 is 2.50 bits per heavy atom. The van der Waals surface area contributed by atoms with E-state index in [0.717, 1.165) is 12.0 Å². The lowest BCUT2D eigenvalue weighted by Gasteiger charge is -2.11. The summed E-state index contributed by atoms with van der Waals surface area (Å²) >= 11 is 0. The van der Waals surface area contributed by atoms with Crippen LogP contribution in [-0.2, 0) is 11.2 Å². The number of nitrogens with zero attached hydrogens (tertiary/aromatic N) is 2. The van der Waals surface area contributed by atoms with Gasteiger partial charge in [0.2, 0.25) is 17.6 Å². The molecule has 0 saturated carbocycles. The molecule has 5 nitrogen and oxygen atoms in total. The molecule has 2 aromatic carbocycles. The Morgan fingerprint density at radius 2 is 1.77 bits per heavy atom. The third-order valence-corrected chi connectivity index (χ3v) is 4.25. The fourth-order valence-corrected chi connectivity index (χ4v) is 2.78. The van der Waals surface area contributed by atoms with Gasteiger partial charge in [0.15, 0.2) is 0 Å². The van der Waals surface area contributed by atoms with Crippen LogP contribution >= 0.6 is 0 Å². The molecular formula is C21H23N3O2. The normalized spacial score (nSPS) is 11.9. The van der Waals surface area contributed by atoms with Crippen molar-refractivity contribution >= 4 is 5.91 Å². The van der Waals surface area contributed by atoms with Crippen LogP contribution in [0.5, 0.6) is 0 Å². The first-order valence-electron chi connectivity index (χ1n) is 8.92. The highest BCUT2D eigenvalue weighted by Gasteiger charge is 2.11. The maximum absolute atomic E-state index is 12.1. The fraction of sp³-hybridized carbons (Fsp3) is 0.286. The summed E-state index contributed by atoms with van der Waals surface area (Å²) in [6.07, 6.45) is 1.90. The molecule has 1 aromatic heterocycles. The van der Waals surface area contributed by atoms with Gasteiger partial charge in [-0.1, -0.05) is 72.7 Å². The lowest BCUT2D eigenvalue weighted by atomic mass is 9.97. The molecule has 0 aliphatic rings. The first-order valence-corrected chi connectivity index (χ1v) is 8.92. The molecule has 3 rings (SSSR count). The zero-order valence-corrected chi connectivity index (χ0v) is 14.9. The predicted molar refractivity (Wildman–Crippen MR) is 101 cm³/mol. The second-order valence-electron chi connectivity index (χ2n) is 6.35. The molecule has 0 saturated heterocycles. The first-order chi connectivity index (χ1) is 12.7. The van der Waals surface area contributed by atoms with Gasteiger partial charge in [-0.2, -0.15) is 4.98 Å². The number of carbonyl (C=O) groups is 1. The monoisotopic (exact) mass is 349 g/mol. The van der Waals surface area contributed by atoms with E-state index >= 15 is 0 Å². The van der Waals surface area contributed by atoms with Crippen LogP contribution in [0.4, 0.5) is 0 Å². The summed E-state index contributed by atoms with van der Waals surface area (Å²) in [5.41, 5.74) is 2.12. The molecule has 0 bridgehead atoms. The van der Waals surface area contributed by atoms with Crippen LogP contribution in [0, 0.1) is 0 Å². The average molecular weight is 349 g/mol. The smallest absolute Gasteiger partial charge is 0.227 e. The minimum atomic E-state index is 0.0665. The van der Waals surface area contributed by atoms with Crippen LogP contribution in [0.2, 0.25) is 0 Å². The van der Waals surface area contributed by atoms with Gasteiger partial charge in [0.25, 0.3) is 0 Å².